The molecule has 5 heteroatoms. The monoisotopic (exact) mass is 290 g/mol. The average molecular weight is 290 g/mol. The maximum atomic E-state index is 11.8. The number of hydrogen-bond donors (Lipinski definition) is 3. The molecule has 1 aromatic heterocycles. The van der Waals surface area contributed by atoms with E-state index < -0.39 is 6.10 Å². The van der Waals surface area contributed by atoms with Crippen molar-refractivity contribution >= 4 is 23.1 Å². The summed E-state index contributed by atoms with van der Waals surface area (Å²) in [6.07, 6.45) is -0.547. The van der Waals surface area contributed by atoms with Crippen molar-refractivity contribution in [1.82, 2.24) is 5.32 Å². The third-order valence-electron chi connectivity index (χ3n) is 2.85. The average Bonchev–Trinajstić information content (AvgIpc) is 2.82. The molecule has 0 bridgehead atoms. The van der Waals surface area contributed by atoms with Gasteiger partial charge in [0.25, 0.3) is 0 Å². The van der Waals surface area contributed by atoms with Crippen LogP contribution >= 0.6 is 11.3 Å². The highest BCUT2D eigenvalue weighted by atomic mass is 32.1. The third-order valence-corrected chi connectivity index (χ3v) is 3.85. The quantitative estimate of drug-likeness (QED) is 0.808. The fourth-order valence-corrected chi connectivity index (χ4v) is 2.63. The van der Waals surface area contributed by atoms with Crippen LogP contribution in [0, 0.1) is 6.92 Å². The zero-order valence-corrected chi connectivity index (χ0v) is 12.3. The van der Waals surface area contributed by atoms with Crippen molar-refractivity contribution in [1.29, 1.82) is 0 Å². The molecule has 20 heavy (non-hydrogen) atoms. The van der Waals surface area contributed by atoms with Gasteiger partial charge in [0.1, 0.15) is 0 Å². The zero-order valence-electron chi connectivity index (χ0n) is 11.5. The van der Waals surface area contributed by atoms with E-state index in [2.05, 4.69) is 10.6 Å². The number of amides is 2. The van der Waals surface area contributed by atoms with Gasteiger partial charge in [0.2, 0.25) is 0 Å². The number of rotatable bonds is 4. The lowest BCUT2D eigenvalue weighted by molar-refractivity contribution is 0.199. The van der Waals surface area contributed by atoms with Crippen molar-refractivity contribution in [2.75, 3.05) is 5.32 Å². The first-order valence-electron chi connectivity index (χ1n) is 6.43. The molecule has 0 aliphatic rings. The number of hydrogen-bond acceptors (Lipinski definition) is 3. The minimum atomic E-state index is -0.547. The summed E-state index contributed by atoms with van der Waals surface area (Å²) in [5.41, 5.74) is 1.44. The van der Waals surface area contributed by atoms with E-state index in [9.17, 15) is 9.90 Å². The summed E-state index contributed by atoms with van der Waals surface area (Å²) in [6, 6.07) is 11.0. The van der Waals surface area contributed by atoms with E-state index in [1.807, 2.05) is 25.1 Å². The molecule has 4 nitrogen and oxygen atoms in total. The second-order valence-corrected chi connectivity index (χ2v) is 5.99. The van der Waals surface area contributed by atoms with E-state index >= 15 is 0 Å². The van der Waals surface area contributed by atoms with Crippen molar-refractivity contribution in [2.45, 2.75) is 26.5 Å². The second kappa shape index (κ2) is 6.54. The molecule has 2 aromatic rings. The summed E-state index contributed by atoms with van der Waals surface area (Å²) in [4.78, 5) is 14.1. The van der Waals surface area contributed by atoms with Crippen LogP contribution in [0.2, 0.25) is 0 Å². The number of urea groups is 1. The Kier molecular flexibility index (Phi) is 4.76. The number of thiophene rings is 1. The number of anilines is 1. The van der Waals surface area contributed by atoms with Gasteiger partial charge in [-0.3, -0.25) is 0 Å². The highest BCUT2D eigenvalue weighted by Gasteiger charge is 2.05. The molecule has 0 radical (unpaired) electrons. The summed E-state index contributed by atoms with van der Waals surface area (Å²) in [6.45, 7) is 4.24. The summed E-state index contributed by atoms with van der Waals surface area (Å²) >= 11 is 1.67. The van der Waals surface area contributed by atoms with Crippen molar-refractivity contribution in [3.05, 3.63) is 51.7 Å². The largest absolute Gasteiger partial charge is 0.389 e. The smallest absolute Gasteiger partial charge is 0.319 e. The number of carbonyl (C=O) groups excluding carboxylic acids is 1. The van der Waals surface area contributed by atoms with Gasteiger partial charge in [-0.15, -0.1) is 11.3 Å². The Labute approximate surface area is 122 Å². The maximum absolute atomic E-state index is 11.8. The molecule has 0 spiro atoms. The number of aliphatic hydroxyl groups is 1. The van der Waals surface area contributed by atoms with Gasteiger partial charge >= 0.3 is 6.03 Å². The predicted octanol–water partition coefficient (Wildman–Crippen LogP) is 3.43. The van der Waals surface area contributed by atoms with Crippen LogP contribution in [0.25, 0.3) is 0 Å². The van der Waals surface area contributed by atoms with Gasteiger partial charge in [-0.2, -0.15) is 0 Å². The van der Waals surface area contributed by atoms with Crippen LogP contribution in [0.4, 0.5) is 10.5 Å². The third kappa shape index (κ3) is 4.08. The first kappa shape index (κ1) is 14.6. The fraction of sp³-hybridized carbons (Fsp3) is 0.267. The highest BCUT2D eigenvalue weighted by Crippen LogP contribution is 2.17. The summed E-state index contributed by atoms with van der Waals surface area (Å²) in [5.74, 6) is 0. The molecular weight excluding hydrogens is 272 g/mol. The molecule has 0 saturated heterocycles. The van der Waals surface area contributed by atoms with Gasteiger partial charge in [-0.05, 0) is 43.7 Å². The Balaban J connectivity index is 1.89. The van der Waals surface area contributed by atoms with Gasteiger partial charge in [0, 0.05) is 15.4 Å². The van der Waals surface area contributed by atoms with Crippen LogP contribution in [0.1, 0.15) is 28.3 Å². The molecule has 3 N–H and O–H groups in total. The van der Waals surface area contributed by atoms with Gasteiger partial charge < -0.3 is 15.7 Å². The molecule has 1 aromatic carbocycles. The molecule has 0 aliphatic carbocycles. The highest BCUT2D eigenvalue weighted by molar-refractivity contribution is 7.11. The SMILES string of the molecule is Cc1ccc(CNC(=O)Nc2cccc(C(C)O)c2)s1. The normalized spacial score (nSPS) is 11.9. The molecule has 2 rings (SSSR count). The van der Waals surface area contributed by atoms with Crippen LogP contribution in [0.3, 0.4) is 0 Å². The van der Waals surface area contributed by atoms with Crippen molar-refractivity contribution in [3.8, 4) is 0 Å². The van der Waals surface area contributed by atoms with Gasteiger partial charge in [-0.1, -0.05) is 12.1 Å². The van der Waals surface area contributed by atoms with Crippen LogP contribution < -0.4 is 10.6 Å². The Hall–Kier alpha value is -1.85. The standard InChI is InChI=1S/C15H18N2O2S/c1-10-6-7-14(20-10)9-16-15(19)17-13-5-3-4-12(8-13)11(2)18/h3-8,11,18H,9H2,1-2H3,(H2,16,17,19). The van der Waals surface area contributed by atoms with E-state index in [4.69, 9.17) is 0 Å². The predicted molar refractivity (Wildman–Crippen MR) is 82.0 cm³/mol. The van der Waals surface area contributed by atoms with Crippen molar-refractivity contribution in [2.24, 2.45) is 0 Å². The van der Waals surface area contributed by atoms with E-state index in [1.165, 1.54) is 4.88 Å². The minimum absolute atomic E-state index is 0.251. The van der Waals surface area contributed by atoms with Crippen molar-refractivity contribution < 1.29 is 9.90 Å². The van der Waals surface area contributed by atoms with E-state index in [0.717, 1.165) is 10.4 Å². The molecule has 106 valence electrons. The zero-order chi connectivity index (χ0) is 14.5. The minimum Gasteiger partial charge on any atom is -0.389 e. The lowest BCUT2D eigenvalue weighted by Gasteiger charge is -2.09. The van der Waals surface area contributed by atoms with Crippen LogP contribution in [0.5, 0.6) is 0 Å². The van der Waals surface area contributed by atoms with Crippen molar-refractivity contribution in [3.63, 3.8) is 0 Å². The van der Waals surface area contributed by atoms with Crippen LogP contribution in [-0.4, -0.2) is 11.1 Å². The van der Waals surface area contributed by atoms with Gasteiger partial charge in [0.05, 0.1) is 12.6 Å². The Morgan fingerprint density at radius 2 is 2.15 bits per heavy atom. The summed E-state index contributed by atoms with van der Waals surface area (Å²) in [5, 5.41) is 15.1. The first-order chi connectivity index (χ1) is 9.54. The Bertz CT molecular complexity index is 593. The van der Waals surface area contributed by atoms with E-state index in [0.29, 0.717) is 12.2 Å². The fourth-order valence-electron chi connectivity index (χ4n) is 1.80. The molecule has 0 fully saturated rings. The molecule has 2 amide bonds. The Morgan fingerprint density at radius 1 is 1.35 bits per heavy atom. The molecule has 0 saturated carbocycles. The first-order valence-corrected chi connectivity index (χ1v) is 7.24. The number of aryl methyl sites for hydroxylation is 1. The van der Waals surface area contributed by atoms with Crippen LogP contribution in [-0.2, 0) is 6.54 Å². The number of nitrogens with one attached hydrogen (secondary N) is 2. The van der Waals surface area contributed by atoms with E-state index in [1.54, 1.807) is 36.5 Å². The lowest BCUT2D eigenvalue weighted by Crippen LogP contribution is -2.27. The second-order valence-electron chi connectivity index (χ2n) is 4.62. The van der Waals surface area contributed by atoms with Crippen LogP contribution in [0.15, 0.2) is 36.4 Å². The van der Waals surface area contributed by atoms with Gasteiger partial charge in [0.15, 0.2) is 0 Å². The Morgan fingerprint density at radius 3 is 2.80 bits per heavy atom. The molecule has 0 aliphatic heterocycles. The maximum Gasteiger partial charge on any atom is 0.319 e. The number of aliphatic hydroxyl groups excluding tert-OH is 1. The molecule has 1 unspecified atom stereocenters. The van der Waals surface area contributed by atoms with Gasteiger partial charge in [-0.25, -0.2) is 4.79 Å². The van der Waals surface area contributed by atoms with E-state index in [-0.39, 0.29) is 6.03 Å². The number of carbonyl (C=O) groups is 1. The molecular formula is C15H18N2O2S. The molecule has 1 atom stereocenters. The lowest BCUT2D eigenvalue weighted by atomic mass is 10.1. The summed E-state index contributed by atoms with van der Waals surface area (Å²) < 4.78 is 0. The molecule has 1 heterocycles. The summed E-state index contributed by atoms with van der Waals surface area (Å²) in [7, 11) is 0. The number of benzene rings is 1. The topological polar surface area (TPSA) is 61.4 Å².